The summed E-state index contributed by atoms with van der Waals surface area (Å²) in [5, 5.41) is 8.42. The molecule has 3 N–H and O–H groups in total. The number of esters is 1. The summed E-state index contributed by atoms with van der Waals surface area (Å²) in [4.78, 5) is 50.5. The molecular formula is C22H32N4O6. The molecule has 32 heavy (non-hydrogen) atoms. The Morgan fingerprint density at radius 1 is 1.22 bits per heavy atom. The van der Waals surface area contributed by atoms with Crippen LogP contribution in [0.1, 0.15) is 30.6 Å². The van der Waals surface area contributed by atoms with Crippen molar-refractivity contribution in [1.29, 1.82) is 0 Å². The second-order valence-corrected chi connectivity index (χ2v) is 7.85. The molecule has 0 spiro atoms. The van der Waals surface area contributed by atoms with Gasteiger partial charge in [-0.2, -0.15) is 0 Å². The molecule has 176 valence electrons. The molecule has 1 heterocycles. The van der Waals surface area contributed by atoms with Crippen LogP contribution in [0, 0.1) is 5.92 Å². The number of carbonyl (C=O) groups is 4. The standard InChI is InChI=1S/C22H32N4O6/c1-15(2)14-32-20(28)12-18-22(30)23-8-10-26(18)19(27)13-25-17-6-4-16(5-7-17)21(29)24-9-11-31-3/h4-7,15,18,25H,8-14H2,1-3H3,(H,23,30)(H,24,29). The Balaban J connectivity index is 1.90. The summed E-state index contributed by atoms with van der Waals surface area (Å²) in [6.07, 6.45) is -0.183. The first-order valence-corrected chi connectivity index (χ1v) is 10.7. The van der Waals surface area contributed by atoms with Crippen molar-refractivity contribution in [2.45, 2.75) is 26.3 Å². The van der Waals surface area contributed by atoms with Crippen LogP contribution in [-0.2, 0) is 23.9 Å². The quantitative estimate of drug-likeness (QED) is 0.330. The Morgan fingerprint density at radius 3 is 2.59 bits per heavy atom. The highest BCUT2D eigenvalue weighted by molar-refractivity contribution is 5.95. The number of ether oxygens (including phenoxy) is 2. The van der Waals surface area contributed by atoms with E-state index in [1.807, 2.05) is 13.8 Å². The molecule has 1 saturated heterocycles. The minimum Gasteiger partial charge on any atom is -0.465 e. The Hall–Kier alpha value is -3.14. The van der Waals surface area contributed by atoms with Gasteiger partial charge in [-0.15, -0.1) is 0 Å². The lowest BCUT2D eigenvalue weighted by Crippen LogP contribution is -2.58. The average molecular weight is 449 g/mol. The fourth-order valence-electron chi connectivity index (χ4n) is 3.08. The first-order chi connectivity index (χ1) is 15.3. The minimum absolute atomic E-state index is 0.0514. The first-order valence-electron chi connectivity index (χ1n) is 10.7. The summed E-state index contributed by atoms with van der Waals surface area (Å²) in [5.74, 6) is -1.20. The molecule has 10 nitrogen and oxygen atoms in total. The van der Waals surface area contributed by atoms with E-state index in [-0.39, 0.29) is 43.2 Å². The third-order valence-corrected chi connectivity index (χ3v) is 4.77. The highest BCUT2D eigenvalue weighted by Crippen LogP contribution is 2.13. The third kappa shape index (κ3) is 7.84. The van der Waals surface area contributed by atoms with Crippen molar-refractivity contribution in [3.8, 4) is 0 Å². The SMILES string of the molecule is COCCNC(=O)c1ccc(NCC(=O)N2CCNC(=O)C2CC(=O)OCC(C)C)cc1. The van der Waals surface area contributed by atoms with Gasteiger partial charge in [-0.05, 0) is 30.2 Å². The molecule has 1 aliphatic rings. The summed E-state index contributed by atoms with van der Waals surface area (Å²) in [6.45, 7) is 5.54. The number of nitrogens with zero attached hydrogens (tertiary/aromatic N) is 1. The van der Waals surface area contributed by atoms with Crippen molar-refractivity contribution in [3.05, 3.63) is 29.8 Å². The smallest absolute Gasteiger partial charge is 0.308 e. The van der Waals surface area contributed by atoms with Gasteiger partial charge in [0.25, 0.3) is 5.91 Å². The van der Waals surface area contributed by atoms with Gasteiger partial charge in [0.05, 0.1) is 26.2 Å². The number of carbonyl (C=O) groups excluding carboxylic acids is 4. The maximum atomic E-state index is 12.8. The van der Waals surface area contributed by atoms with Crippen molar-refractivity contribution in [3.63, 3.8) is 0 Å². The van der Waals surface area contributed by atoms with Gasteiger partial charge in [0.15, 0.2) is 0 Å². The summed E-state index contributed by atoms with van der Waals surface area (Å²) in [7, 11) is 1.56. The molecule has 10 heteroatoms. The predicted octanol–water partition coefficient (Wildman–Crippen LogP) is 0.391. The van der Waals surface area contributed by atoms with Crippen LogP contribution >= 0.6 is 0 Å². The molecule has 1 unspecified atom stereocenters. The van der Waals surface area contributed by atoms with Gasteiger partial charge < -0.3 is 30.3 Å². The molecule has 0 bridgehead atoms. The third-order valence-electron chi connectivity index (χ3n) is 4.77. The number of benzene rings is 1. The molecule has 3 amide bonds. The molecule has 1 aromatic carbocycles. The number of hydrogen-bond donors (Lipinski definition) is 3. The molecule has 1 fully saturated rings. The maximum absolute atomic E-state index is 12.8. The monoisotopic (exact) mass is 448 g/mol. The summed E-state index contributed by atoms with van der Waals surface area (Å²) in [5.41, 5.74) is 1.15. The number of hydrogen-bond acceptors (Lipinski definition) is 7. The van der Waals surface area contributed by atoms with Crippen molar-refractivity contribution in [2.24, 2.45) is 5.92 Å². The van der Waals surface area contributed by atoms with Crippen LogP contribution in [0.25, 0.3) is 0 Å². The van der Waals surface area contributed by atoms with Gasteiger partial charge in [-0.25, -0.2) is 0 Å². The second kappa shape index (κ2) is 12.7. The molecule has 2 rings (SSSR count). The van der Waals surface area contributed by atoms with E-state index >= 15 is 0 Å². The van der Waals surface area contributed by atoms with E-state index < -0.39 is 12.0 Å². The molecule has 0 aliphatic carbocycles. The van der Waals surface area contributed by atoms with Crippen LogP contribution < -0.4 is 16.0 Å². The highest BCUT2D eigenvalue weighted by atomic mass is 16.5. The number of piperazine rings is 1. The molecule has 0 saturated carbocycles. The topological polar surface area (TPSA) is 126 Å². The van der Waals surface area contributed by atoms with E-state index in [0.717, 1.165) is 0 Å². The van der Waals surface area contributed by atoms with Gasteiger partial charge in [0.2, 0.25) is 11.8 Å². The fourth-order valence-corrected chi connectivity index (χ4v) is 3.08. The summed E-state index contributed by atoms with van der Waals surface area (Å²) < 4.78 is 10.1. The average Bonchev–Trinajstić information content (AvgIpc) is 2.77. The van der Waals surface area contributed by atoms with Crippen LogP contribution in [0.4, 0.5) is 5.69 Å². The van der Waals surface area contributed by atoms with Crippen molar-refractivity contribution < 1.29 is 28.7 Å². The van der Waals surface area contributed by atoms with E-state index in [1.165, 1.54) is 4.90 Å². The maximum Gasteiger partial charge on any atom is 0.308 e. The van der Waals surface area contributed by atoms with Crippen LogP contribution in [0.3, 0.4) is 0 Å². The zero-order chi connectivity index (χ0) is 23.5. The Labute approximate surface area is 188 Å². The van der Waals surface area contributed by atoms with Crippen molar-refractivity contribution in [1.82, 2.24) is 15.5 Å². The highest BCUT2D eigenvalue weighted by Gasteiger charge is 2.35. The molecule has 1 atom stereocenters. The number of rotatable bonds is 11. The molecule has 0 radical (unpaired) electrons. The van der Waals surface area contributed by atoms with Crippen molar-refractivity contribution >= 4 is 29.4 Å². The zero-order valence-electron chi connectivity index (χ0n) is 18.8. The lowest BCUT2D eigenvalue weighted by molar-refractivity contribution is -0.152. The van der Waals surface area contributed by atoms with Gasteiger partial charge in [-0.1, -0.05) is 13.8 Å². The fraction of sp³-hybridized carbons (Fsp3) is 0.545. The van der Waals surface area contributed by atoms with E-state index in [4.69, 9.17) is 9.47 Å². The van der Waals surface area contributed by atoms with Crippen LogP contribution in [0.2, 0.25) is 0 Å². The first kappa shape index (κ1) is 25.1. The normalized spacial score (nSPS) is 15.8. The number of methoxy groups -OCH3 is 1. The lowest BCUT2D eigenvalue weighted by atomic mass is 10.1. The van der Waals surface area contributed by atoms with Crippen molar-refractivity contribution in [2.75, 3.05) is 51.8 Å². The lowest BCUT2D eigenvalue weighted by Gasteiger charge is -2.34. The van der Waals surface area contributed by atoms with Crippen LogP contribution in [-0.4, -0.2) is 81.1 Å². The van der Waals surface area contributed by atoms with E-state index in [2.05, 4.69) is 16.0 Å². The van der Waals surface area contributed by atoms with Crippen LogP contribution in [0.5, 0.6) is 0 Å². The molecular weight excluding hydrogens is 416 g/mol. The van der Waals surface area contributed by atoms with E-state index in [1.54, 1.807) is 31.4 Å². The van der Waals surface area contributed by atoms with E-state index in [0.29, 0.717) is 37.5 Å². The Kier molecular flexibility index (Phi) is 9.93. The largest absolute Gasteiger partial charge is 0.465 e. The molecule has 0 aromatic heterocycles. The second-order valence-electron chi connectivity index (χ2n) is 7.85. The van der Waals surface area contributed by atoms with Gasteiger partial charge >= 0.3 is 5.97 Å². The van der Waals surface area contributed by atoms with Gasteiger partial charge in [0, 0.05) is 38.0 Å². The predicted molar refractivity (Wildman–Crippen MR) is 118 cm³/mol. The number of amides is 3. The molecule has 1 aliphatic heterocycles. The summed E-state index contributed by atoms with van der Waals surface area (Å²) in [6, 6.07) is 5.80. The number of anilines is 1. The van der Waals surface area contributed by atoms with E-state index in [9.17, 15) is 19.2 Å². The minimum atomic E-state index is -0.893. The van der Waals surface area contributed by atoms with Crippen LogP contribution in [0.15, 0.2) is 24.3 Å². The van der Waals surface area contributed by atoms with Gasteiger partial charge in [-0.3, -0.25) is 19.2 Å². The zero-order valence-corrected chi connectivity index (χ0v) is 18.8. The molecule has 1 aromatic rings. The Morgan fingerprint density at radius 2 is 1.94 bits per heavy atom. The summed E-state index contributed by atoms with van der Waals surface area (Å²) >= 11 is 0. The Bertz CT molecular complexity index is 796. The number of nitrogens with one attached hydrogen (secondary N) is 3. The van der Waals surface area contributed by atoms with Gasteiger partial charge in [0.1, 0.15) is 6.04 Å².